The van der Waals surface area contributed by atoms with E-state index < -0.39 is 0 Å². The first-order chi connectivity index (χ1) is 10.3. The smallest absolute Gasteiger partial charge is 0.122 e. The molecule has 1 aliphatic heterocycles. The zero-order valence-corrected chi connectivity index (χ0v) is 12.8. The number of nitrogens with zero attached hydrogens (tertiary/aromatic N) is 2. The molecular weight excluding hydrogens is 262 g/mol. The van der Waals surface area contributed by atoms with Crippen molar-refractivity contribution in [2.75, 3.05) is 13.2 Å². The highest BCUT2D eigenvalue weighted by atomic mass is 16.5. The van der Waals surface area contributed by atoms with Gasteiger partial charge in [-0.3, -0.25) is 4.68 Å². The molecule has 0 saturated carbocycles. The molecule has 0 amide bonds. The quantitative estimate of drug-likeness (QED) is 0.887. The Morgan fingerprint density at radius 3 is 3.10 bits per heavy atom. The van der Waals surface area contributed by atoms with Crippen molar-refractivity contribution in [2.24, 2.45) is 7.05 Å². The molecule has 1 aromatic carbocycles. The average Bonchev–Trinajstić information content (AvgIpc) is 3.11. The molecular formula is C17H23N3O. The molecule has 3 rings (SSSR count). The van der Waals surface area contributed by atoms with Crippen molar-refractivity contribution < 1.29 is 4.74 Å². The number of fused-ring (bicyclic) bond motifs is 1. The topological polar surface area (TPSA) is 39.1 Å². The van der Waals surface area contributed by atoms with Crippen LogP contribution in [0, 0.1) is 0 Å². The van der Waals surface area contributed by atoms with Crippen LogP contribution in [0.15, 0.2) is 30.6 Å². The minimum Gasteiger partial charge on any atom is -0.493 e. The van der Waals surface area contributed by atoms with Gasteiger partial charge in [0.1, 0.15) is 5.75 Å². The lowest BCUT2D eigenvalue weighted by Gasteiger charge is -2.19. The molecule has 0 spiro atoms. The van der Waals surface area contributed by atoms with Crippen LogP contribution in [-0.2, 0) is 19.9 Å². The summed E-state index contributed by atoms with van der Waals surface area (Å²) in [4.78, 5) is 0. The summed E-state index contributed by atoms with van der Waals surface area (Å²) in [6.45, 7) is 3.96. The van der Waals surface area contributed by atoms with Gasteiger partial charge in [-0.25, -0.2) is 0 Å². The highest BCUT2D eigenvalue weighted by Crippen LogP contribution is 2.29. The first-order valence-corrected chi connectivity index (χ1v) is 7.73. The van der Waals surface area contributed by atoms with Gasteiger partial charge in [0, 0.05) is 25.7 Å². The van der Waals surface area contributed by atoms with E-state index in [0.717, 1.165) is 38.2 Å². The lowest BCUT2D eigenvalue weighted by atomic mass is 9.97. The van der Waals surface area contributed by atoms with Gasteiger partial charge in [-0.15, -0.1) is 0 Å². The number of rotatable bonds is 6. The minimum absolute atomic E-state index is 0.390. The predicted octanol–water partition coefficient (Wildman–Crippen LogP) is 2.64. The van der Waals surface area contributed by atoms with Gasteiger partial charge in [0.15, 0.2) is 0 Å². The molecule has 0 bridgehead atoms. The van der Waals surface area contributed by atoms with Crippen LogP contribution in [0.2, 0.25) is 0 Å². The predicted molar refractivity (Wildman–Crippen MR) is 83.6 cm³/mol. The van der Waals surface area contributed by atoms with Crippen LogP contribution in [0.4, 0.5) is 0 Å². The molecule has 0 saturated heterocycles. The second kappa shape index (κ2) is 6.31. The zero-order chi connectivity index (χ0) is 14.7. The average molecular weight is 285 g/mol. The van der Waals surface area contributed by atoms with Crippen molar-refractivity contribution in [1.82, 2.24) is 15.1 Å². The van der Waals surface area contributed by atoms with E-state index in [9.17, 15) is 0 Å². The summed E-state index contributed by atoms with van der Waals surface area (Å²) in [5.41, 5.74) is 4.01. The van der Waals surface area contributed by atoms with Gasteiger partial charge in [0.2, 0.25) is 0 Å². The van der Waals surface area contributed by atoms with E-state index in [1.54, 1.807) is 0 Å². The van der Waals surface area contributed by atoms with Gasteiger partial charge in [0.25, 0.3) is 0 Å². The van der Waals surface area contributed by atoms with Gasteiger partial charge < -0.3 is 10.1 Å². The Labute approximate surface area is 126 Å². The third-order valence-corrected chi connectivity index (χ3v) is 4.05. The SMILES string of the molecule is CCNC(CCc1cnn(C)c1)c1ccc2c(c1)CCO2. The van der Waals surface area contributed by atoms with Crippen molar-refractivity contribution in [2.45, 2.75) is 32.2 Å². The van der Waals surface area contributed by atoms with Crippen LogP contribution in [-0.4, -0.2) is 22.9 Å². The van der Waals surface area contributed by atoms with Crippen LogP contribution in [0.25, 0.3) is 0 Å². The Kier molecular flexibility index (Phi) is 4.25. The summed E-state index contributed by atoms with van der Waals surface area (Å²) >= 11 is 0. The number of aromatic nitrogens is 2. The highest BCUT2D eigenvalue weighted by molar-refractivity contribution is 5.40. The van der Waals surface area contributed by atoms with E-state index in [4.69, 9.17) is 4.74 Å². The third kappa shape index (κ3) is 3.27. The second-order valence-electron chi connectivity index (χ2n) is 5.64. The fourth-order valence-corrected chi connectivity index (χ4v) is 2.97. The van der Waals surface area contributed by atoms with Gasteiger partial charge in [-0.05, 0) is 42.1 Å². The van der Waals surface area contributed by atoms with Gasteiger partial charge in [0.05, 0.1) is 12.8 Å². The van der Waals surface area contributed by atoms with E-state index in [2.05, 4.69) is 41.7 Å². The van der Waals surface area contributed by atoms with Gasteiger partial charge in [-0.1, -0.05) is 19.1 Å². The van der Waals surface area contributed by atoms with Gasteiger partial charge >= 0.3 is 0 Å². The first kappa shape index (κ1) is 14.1. The normalized spacial score (nSPS) is 14.8. The standard InChI is InChI=1S/C17H23N3O/c1-3-18-16(6-4-13-11-19-20(2)12-13)14-5-7-17-15(10-14)8-9-21-17/h5,7,10-12,16,18H,3-4,6,8-9H2,1-2H3. The summed E-state index contributed by atoms with van der Waals surface area (Å²) in [6.07, 6.45) is 7.21. The number of hydrogen-bond donors (Lipinski definition) is 1. The van der Waals surface area contributed by atoms with E-state index in [-0.39, 0.29) is 0 Å². The molecule has 1 unspecified atom stereocenters. The maximum Gasteiger partial charge on any atom is 0.122 e. The van der Waals surface area contributed by atoms with E-state index in [0.29, 0.717) is 6.04 Å². The van der Waals surface area contributed by atoms with Crippen molar-refractivity contribution >= 4 is 0 Å². The fourth-order valence-electron chi connectivity index (χ4n) is 2.97. The molecule has 1 atom stereocenters. The summed E-state index contributed by atoms with van der Waals surface area (Å²) in [5.74, 6) is 1.06. The number of aryl methyl sites for hydroxylation is 2. The molecule has 0 radical (unpaired) electrons. The lowest BCUT2D eigenvalue weighted by Crippen LogP contribution is -2.21. The molecule has 1 aliphatic rings. The summed E-state index contributed by atoms with van der Waals surface area (Å²) < 4.78 is 7.46. The van der Waals surface area contributed by atoms with Crippen molar-refractivity contribution in [3.8, 4) is 5.75 Å². The molecule has 112 valence electrons. The Bertz CT molecular complexity index is 606. The molecule has 0 fully saturated rings. The molecule has 4 nitrogen and oxygen atoms in total. The number of nitrogens with one attached hydrogen (secondary N) is 1. The van der Waals surface area contributed by atoms with Crippen molar-refractivity contribution in [3.63, 3.8) is 0 Å². The zero-order valence-electron chi connectivity index (χ0n) is 12.8. The van der Waals surface area contributed by atoms with Gasteiger partial charge in [-0.2, -0.15) is 5.10 Å². The van der Waals surface area contributed by atoms with E-state index >= 15 is 0 Å². The van der Waals surface area contributed by atoms with Crippen LogP contribution in [0.5, 0.6) is 5.75 Å². The van der Waals surface area contributed by atoms with Crippen LogP contribution in [0.1, 0.15) is 36.1 Å². The summed E-state index contributed by atoms with van der Waals surface area (Å²) in [7, 11) is 1.96. The summed E-state index contributed by atoms with van der Waals surface area (Å²) in [6, 6.07) is 7.01. The van der Waals surface area contributed by atoms with Crippen LogP contribution in [0.3, 0.4) is 0 Å². The number of ether oxygens (including phenoxy) is 1. The number of benzene rings is 1. The second-order valence-corrected chi connectivity index (χ2v) is 5.64. The Morgan fingerprint density at radius 1 is 1.43 bits per heavy atom. The first-order valence-electron chi connectivity index (χ1n) is 7.73. The van der Waals surface area contributed by atoms with E-state index in [1.807, 2.05) is 17.9 Å². The molecule has 1 aromatic heterocycles. The maximum atomic E-state index is 5.59. The highest BCUT2D eigenvalue weighted by Gasteiger charge is 2.16. The molecule has 2 aromatic rings. The van der Waals surface area contributed by atoms with Crippen molar-refractivity contribution in [1.29, 1.82) is 0 Å². The van der Waals surface area contributed by atoms with E-state index in [1.165, 1.54) is 16.7 Å². The van der Waals surface area contributed by atoms with Crippen molar-refractivity contribution in [3.05, 3.63) is 47.3 Å². The van der Waals surface area contributed by atoms with Crippen LogP contribution >= 0.6 is 0 Å². The fraction of sp³-hybridized carbons (Fsp3) is 0.471. The number of hydrogen-bond acceptors (Lipinski definition) is 3. The summed E-state index contributed by atoms with van der Waals surface area (Å²) in [5, 5.41) is 7.84. The Hall–Kier alpha value is -1.81. The maximum absolute atomic E-state index is 5.59. The Balaban J connectivity index is 1.71. The largest absolute Gasteiger partial charge is 0.493 e. The lowest BCUT2D eigenvalue weighted by molar-refractivity contribution is 0.356. The van der Waals surface area contributed by atoms with Crippen LogP contribution < -0.4 is 10.1 Å². The molecule has 2 heterocycles. The minimum atomic E-state index is 0.390. The molecule has 1 N–H and O–H groups in total. The molecule has 0 aliphatic carbocycles. The Morgan fingerprint density at radius 2 is 2.33 bits per heavy atom. The molecule has 21 heavy (non-hydrogen) atoms. The molecule has 4 heteroatoms. The third-order valence-electron chi connectivity index (χ3n) is 4.05. The monoisotopic (exact) mass is 285 g/mol.